The third kappa shape index (κ3) is 2.29. The molecule has 0 saturated heterocycles. The van der Waals surface area contributed by atoms with E-state index < -0.39 is 5.54 Å². The summed E-state index contributed by atoms with van der Waals surface area (Å²) in [6.45, 7) is 2.34. The second-order valence-corrected chi connectivity index (χ2v) is 5.73. The Labute approximate surface area is 118 Å². The van der Waals surface area contributed by atoms with Gasteiger partial charge in [0.2, 0.25) is 11.8 Å². The molecule has 1 aromatic rings. The van der Waals surface area contributed by atoms with E-state index in [0.29, 0.717) is 0 Å². The number of rotatable bonds is 2. The van der Waals surface area contributed by atoms with Gasteiger partial charge in [0.1, 0.15) is 0 Å². The van der Waals surface area contributed by atoms with Crippen molar-refractivity contribution in [2.75, 3.05) is 16.8 Å². The summed E-state index contributed by atoms with van der Waals surface area (Å²) in [6, 6.07) is 5.69. The van der Waals surface area contributed by atoms with Crippen LogP contribution in [0.4, 0.5) is 11.4 Å². The molecule has 1 aliphatic heterocycles. The van der Waals surface area contributed by atoms with Crippen LogP contribution in [0.25, 0.3) is 0 Å². The zero-order valence-corrected chi connectivity index (χ0v) is 11.6. The van der Waals surface area contributed by atoms with Gasteiger partial charge >= 0.3 is 0 Å². The fourth-order valence-corrected chi connectivity index (χ4v) is 2.62. The first kappa shape index (κ1) is 13.1. The maximum absolute atomic E-state index is 11.9. The quantitative estimate of drug-likeness (QED) is 0.855. The number of benzene rings is 1. The summed E-state index contributed by atoms with van der Waals surface area (Å²) in [5, 5.41) is 2.87. The number of nitrogens with two attached hydrogens (primary N) is 1. The fourth-order valence-electron chi connectivity index (χ4n) is 2.62. The van der Waals surface area contributed by atoms with Crippen LogP contribution in [0.3, 0.4) is 0 Å². The number of hydrogen-bond acceptors (Lipinski definition) is 3. The predicted molar refractivity (Wildman–Crippen MR) is 77.6 cm³/mol. The summed E-state index contributed by atoms with van der Waals surface area (Å²) in [6.07, 6.45) is 3.38. The van der Waals surface area contributed by atoms with Crippen molar-refractivity contribution >= 4 is 23.2 Å². The molecule has 0 bridgehead atoms. The SMILES string of the molecule is CC(=O)N1CCCc2cc(NC(=O)C3(N)CC3)ccc21. The number of anilines is 2. The Morgan fingerprint density at radius 3 is 2.75 bits per heavy atom. The molecule has 0 atom stereocenters. The Hall–Kier alpha value is -1.88. The highest BCUT2D eigenvalue weighted by molar-refractivity contribution is 6.00. The number of hydrogen-bond donors (Lipinski definition) is 2. The molecule has 2 amide bonds. The van der Waals surface area contributed by atoms with E-state index in [1.54, 1.807) is 11.8 Å². The van der Waals surface area contributed by atoms with Crippen LogP contribution in [-0.2, 0) is 16.0 Å². The molecule has 1 saturated carbocycles. The van der Waals surface area contributed by atoms with E-state index in [0.717, 1.165) is 49.2 Å². The molecule has 0 aromatic heterocycles. The van der Waals surface area contributed by atoms with Gasteiger partial charge in [0, 0.05) is 24.8 Å². The van der Waals surface area contributed by atoms with Crippen molar-refractivity contribution in [3.8, 4) is 0 Å². The molecule has 106 valence electrons. The third-order valence-corrected chi connectivity index (χ3v) is 4.08. The first-order valence-corrected chi connectivity index (χ1v) is 7.01. The van der Waals surface area contributed by atoms with Gasteiger partial charge in [0.15, 0.2) is 0 Å². The number of amides is 2. The fraction of sp³-hybridized carbons (Fsp3) is 0.467. The molecule has 20 heavy (non-hydrogen) atoms. The molecule has 3 rings (SSSR count). The minimum absolute atomic E-state index is 0.0571. The summed E-state index contributed by atoms with van der Waals surface area (Å²) in [5.74, 6) is -0.0571. The van der Waals surface area contributed by atoms with E-state index in [1.165, 1.54) is 0 Å². The van der Waals surface area contributed by atoms with Crippen molar-refractivity contribution in [1.82, 2.24) is 0 Å². The van der Waals surface area contributed by atoms with Gasteiger partial charge in [-0.1, -0.05) is 0 Å². The van der Waals surface area contributed by atoms with Crippen molar-refractivity contribution in [3.05, 3.63) is 23.8 Å². The maximum atomic E-state index is 11.9. The molecule has 5 heteroatoms. The predicted octanol–water partition coefficient (Wildman–Crippen LogP) is 1.42. The number of carbonyl (C=O) groups excluding carboxylic acids is 2. The van der Waals surface area contributed by atoms with Crippen molar-refractivity contribution in [2.24, 2.45) is 5.73 Å². The summed E-state index contributed by atoms with van der Waals surface area (Å²) in [5.41, 5.74) is 8.02. The number of fused-ring (bicyclic) bond motifs is 1. The van der Waals surface area contributed by atoms with E-state index in [4.69, 9.17) is 5.73 Å². The van der Waals surface area contributed by atoms with E-state index >= 15 is 0 Å². The number of aryl methyl sites for hydroxylation is 1. The zero-order valence-electron chi connectivity index (χ0n) is 11.6. The first-order chi connectivity index (χ1) is 9.49. The summed E-state index contributed by atoms with van der Waals surface area (Å²) in [7, 11) is 0. The molecule has 3 N–H and O–H groups in total. The molecule has 5 nitrogen and oxygen atoms in total. The summed E-state index contributed by atoms with van der Waals surface area (Å²) < 4.78 is 0. The molecule has 1 fully saturated rings. The largest absolute Gasteiger partial charge is 0.324 e. The second kappa shape index (κ2) is 4.59. The number of carbonyl (C=O) groups is 2. The highest BCUT2D eigenvalue weighted by Crippen LogP contribution is 2.34. The van der Waals surface area contributed by atoms with Gasteiger partial charge in [-0.2, -0.15) is 0 Å². The Bertz CT molecular complexity index is 578. The Kier molecular flexibility index (Phi) is 3.01. The number of nitrogens with one attached hydrogen (secondary N) is 1. The Morgan fingerprint density at radius 2 is 2.10 bits per heavy atom. The van der Waals surface area contributed by atoms with E-state index in [-0.39, 0.29) is 11.8 Å². The van der Waals surface area contributed by atoms with Crippen LogP contribution in [0.5, 0.6) is 0 Å². The minimum atomic E-state index is -0.665. The van der Waals surface area contributed by atoms with Crippen LogP contribution in [-0.4, -0.2) is 23.9 Å². The Balaban J connectivity index is 1.82. The van der Waals surface area contributed by atoms with Gasteiger partial charge in [-0.25, -0.2) is 0 Å². The van der Waals surface area contributed by atoms with Crippen molar-refractivity contribution < 1.29 is 9.59 Å². The van der Waals surface area contributed by atoms with Gasteiger partial charge in [0.25, 0.3) is 0 Å². The maximum Gasteiger partial charge on any atom is 0.244 e. The van der Waals surface area contributed by atoms with Crippen LogP contribution in [0.2, 0.25) is 0 Å². The lowest BCUT2D eigenvalue weighted by Gasteiger charge is -2.29. The minimum Gasteiger partial charge on any atom is -0.324 e. The smallest absolute Gasteiger partial charge is 0.244 e. The van der Waals surface area contributed by atoms with Gasteiger partial charge in [-0.3, -0.25) is 9.59 Å². The molecule has 0 spiro atoms. The molecular formula is C15H19N3O2. The van der Waals surface area contributed by atoms with Gasteiger partial charge in [0.05, 0.1) is 5.54 Å². The van der Waals surface area contributed by atoms with E-state index in [9.17, 15) is 9.59 Å². The normalized spacial score (nSPS) is 19.2. The molecule has 0 unspecified atom stereocenters. The van der Waals surface area contributed by atoms with Crippen LogP contribution in [0.15, 0.2) is 18.2 Å². The molecular weight excluding hydrogens is 254 g/mol. The summed E-state index contributed by atoms with van der Waals surface area (Å²) in [4.78, 5) is 25.3. The molecule has 2 aliphatic rings. The lowest BCUT2D eigenvalue weighted by atomic mass is 10.0. The topological polar surface area (TPSA) is 75.4 Å². The van der Waals surface area contributed by atoms with Gasteiger partial charge in [-0.15, -0.1) is 0 Å². The molecule has 0 radical (unpaired) electrons. The lowest BCUT2D eigenvalue weighted by molar-refractivity contribution is -0.118. The van der Waals surface area contributed by atoms with Crippen LogP contribution in [0.1, 0.15) is 31.7 Å². The van der Waals surface area contributed by atoms with Crippen LogP contribution in [0, 0.1) is 0 Å². The van der Waals surface area contributed by atoms with Crippen LogP contribution >= 0.6 is 0 Å². The van der Waals surface area contributed by atoms with Gasteiger partial charge in [-0.05, 0) is 49.4 Å². The Morgan fingerprint density at radius 1 is 1.35 bits per heavy atom. The van der Waals surface area contributed by atoms with Crippen LogP contribution < -0.4 is 16.0 Å². The summed E-state index contributed by atoms with van der Waals surface area (Å²) >= 11 is 0. The van der Waals surface area contributed by atoms with E-state index in [2.05, 4.69) is 5.32 Å². The first-order valence-electron chi connectivity index (χ1n) is 7.01. The standard InChI is InChI=1S/C15H19N3O2/c1-10(19)18-8-2-3-11-9-12(4-5-13(11)18)17-14(20)15(16)6-7-15/h4-5,9H,2-3,6-8,16H2,1H3,(H,17,20). The lowest BCUT2D eigenvalue weighted by Crippen LogP contribution is -2.38. The van der Waals surface area contributed by atoms with E-state index in [1.807, 2.05) is 18.2 Å². The van der Waals surface area contributed by atoms with Crippen molar-refractivity contribution in [3.63, 3.8) is 0 Å². The molecule has 1 aliphatic carbocycles. The van der Waals surface area contributed by atoms with Gasteiger partial charge < -0.3 is 16.0 Å². The second-order valence-electron chi connectivity index (χ2n) is 5.73. The average molecular weight is 273 g/mol. The average Bonchev–Trinajstić information content (AvgIpc) is 3.17. The zero-order chi connectivity index (χ0) is 14.3. The number of nitrogens with zero attached hydrogens (tertiary/aromatic N) is 1. The highest BCUT2D eigenvalue weighted by atomic mass is 16.2. The third-order valence-electron chi connectivity index (χ3n) is 4.08. The molecule has 1 heterocycles. The van der Waals surface area contributed by atoms with Crippen molar-refractivity contribution in [1.29, 1.82) is 0 Å². The molecule has 1 aromatic carbocycles. The monoisotopic (exact) mass is 273 g/mol. The van der Waals surface area contributed by atoms with Crippen molar-refractivity contribution in [2.45, 2.75) is 38.1 Å². The highest BCUT2D eigenvalue weighted by Gasteiger charge is 2.45.